The lowest BCUT2D eigenvalue weighted by Crippen LogP contribution is -2.51. The normalized spacial score (nSPS) is 39.3. The molecule has 1 aliphatic heterocycles. The second-order valence-electron chi connectivity index (χ2n) is 5.00. The Labute approximate surface area is 85.4 Å². The molecule has 0 aromatic rings. The van der Waals surface area contributed by atoms with Gasteiger partial charge in [-0.15, -0.1) is 0 Å². The molecule has 3 heteroatoms. The zero-order chi connectivity index (χ0) is 10.3. The first kappa shape index (κ1) is 9.51. The van der Waals surface area contributed by atoms with Crippen LogP contribution in [0.2, 0.25) is 0 Å². The van der Waals surface area contributed by atoms with Crippen LogP contribution in [0.25, 0.3) is 0 Å². The highest BCUT2D eigenvalue weighted by Gasteiger charge is 2.44. The minimum Gasteiger partial charge on any atom is -0.288 e. The van der Waals surface area contributed by atoms with Gasteiger partial charge in [0.15, 0.2) is 0 Å². The monoisotopic (exact) mass is 191 g/mol. The number of hydrogen-bond acceptors (Lipinski definition) is 3. The number of nitrogens with zero attached hydrogens (tertiary/aromatic N) is 3. The first-order valence-electron chi connectivity index (χ1n) is 5.28. The van der Waals surface area contributed by atoms with Crippen LogP contribution in [0.3, 0.4) is 0 Å². The van der Waals surface area contributed by atoms with Crippen LogP contribution in [0.1, 0.15) is 33.6 Å². The van der Waals surface area contributed by atoms with E-state index in [0.29, 0.717) is 12.0 Å². The van der Waals surface area contributed by atoms with Gasteiger partial charge in [-0.05, 0) is 26.7 Å². The Morgan fingerprint density at radius 2 is 2.14 bits per heavy atom. The fraction of sp³-hybridized carbons (Fsp3) is 0.818. The van der Waals surface area contributed by atoms with E-state index in [-0.39, 0.29) is 11.5 Å². The predicted molar refractivity (Wildman–Crippen MR) is 55.7 cm³/mol. The maximum atomic E-state index is 8.72. The van der Waals surface area contributed by atoms with Crippen LogP contribution >= 0.6 is 0 Å². The molecule has 0 saturated heterocycles. The average molecular weight is 191 g/mol. The maximum Gasteiger partial charge on any atom is 0.0657 e. The van der Waals surface area contributed by atoms with Crippen molar-refractivity contribution in [1.29, 1.82) is 5.26 Å². The van der Waals surface area contributed by atoms with Gasteiger partial charge in [0.1, 0.15) is 0 Å². The molecule has 0 aromatic carbocycles. The summed E-state index contributed by atoms with van der Waals surface area (Å²) in [4.78, 5) is 0. The van der Waals surface area contributed by atoms with E-state index in [1.54, 1.807) is 0 Å². The highest BCUT2D eigenvalue weighted by molar-refractivity contribution is 5.64. The molecule has 0 amide bonds. The van der Waals surface area contributed by atoms with E-state index in [4.69, 9.17) is 5.26 Å². The molecule has 0 aromatic heterocycles. The summed E-state index contributed by atoms with van der Waals surface area (Å²) in [6, 6.07) is 2.81. The third-order valence-corrected chi connectivity index (χ3v) is 3.76. The van der Waals surface area contributed by atoms with Gasteiger partial charge in [0.2, 0.25) is 0 Å². The van der Waals surface area contributed by atoms with Crippen molar-refractivity contribution in [2.45, 2.75) is 45.2 Å². The SMILES string of the molecule is CC1C=NN(C2CC(C#N)C2)C1(C)C. The summed E-state index contributed by atoms with van der Waals surface area (Å²) in [6.45, 7) is 6.65. The number of hydrogen-bond donors (Lipinski definition) is 0. The zero-order valence-corrected chi connectivity index (χ0v) is 9.07. The molecule has 0 N–H and O–H groups in total. The van der Waals surface area contributed by atoms with Crippen LogP contribution in [0.15, 0.2) is 5.10 Å². The molecular formula is C11H17N3. The minimum absolute atomic E-state index is 0.130. The quantitative estimate of drug-likeness (QED) is 0.636. The second kappa shape index (κ2) is 2.98. The average Bonchev–Trinajstić information content (AvgIpc) is 2.29. The largest absolute Gasteiger partial charge is 0.288 e. The summed E-state index contributed by atoms with van der Waals surface area (Å²) in [5, 5.41) is 15.4. The molecule has 1 atom stereocenters. The Hall–Kier alpha value is -1.04. The Kier molecular flexibility index (Phi) is 2.02. The fourth-order valence-corrected chi connectivity index (χ4v) is 2.17. The van der Waals surface area contributed by atoms with Crippen LogP contribution in [0, 0.1) is 23.2 Å². The van der Waals surface area contributed by atoms with E-state index in [1.165, 1.54) is 0 Å². The maximum absolute atomic E-state index is 8.72. The van der Waals surface area contributed by atoms with Gasteiger partial charge in [-0.25, -0.2) is 0 Å². The summed E-state index contributed by atoms with van der Waals surface area (Å²) in [5.74, 6) is 0.769. The molecule has 14 heavy (non-hydrogen) atoms. The standard InChI is InChI=1S/C11H17N3/c1-8-7-13-14(11(8,2)3)10-4-9(5-10)6-12/h7-10H,4-5H2,1-3H3. The second-order valence-corrected chi connectivity index (χ2v) is 5.00. The van der Waals surface area contributed by atoms with Crippen LogP contribution in [0.4, 0.5) is 0 Å². The van der Waals surface area contributed by atoms with E-state index < -0.39 is 0 Å². The van der Waals surface area contributed by atoms with Gasteiger partial charge >= 0.3 is 0 Å². The summed E-state index contributed by atoms with van der Waals surface area (Å²) in [7, 11) is 0. The molecule has 2 aliphatic rings. The van der Waals surface area contributed by atoms with Crippen LogP contribution in [-0.4, -0.2) is 22.8 Å². The number of rotatable bonds is 1. The lowest BCUT2D eigenvalue weighted by Gasteiger charge is -2.45. The lowest BCUT2D eigenvalue weighted by molar-refractivity contribution is 0.0176. The molecule has 1 unspecified atom stereocenters. The molecule has 2 rings (SSSR count). The van der Waals surface area contributed by atoms with E-state index in [9.17, 15) is 0 Å². The van der Waals surface area contributed by atoms with E-state index in [0.717, 1.165) is 12.8 Å². The van der Waals surface area contributed by atoms with Crippen molar-refractivity contribution in [2.75, 3.05) is 0 Å². The third-order valence-electron chi connectivity index (χ3n) is 3.76. The van der Waals surface area contributed by atoms with Crippen LogP contribution < -0.4 is 0 Å². The van der Waals surface area contributed by atoms with Crippen molar-refractivity contribution in [3.05, 3.63) is 0 Å². The minimum atomic E-state index is 0.130. The Morgan fingerprint density at radius 3 is 2.57 bits per heavy atom. The van der Waals surface area contributed by atoms with Crippen molar-refractivity contribution in [2.24, 2.45) is 16.9 Å². The Bertz CT molecular complexity index is 294. The van der Waals surface area contributed by atoms with E-state index >= 15 is 0 Å². The molecule has 1 saturated carbocycles. The molecule has 0 radical (unpaired) electrons. The molecule has 0 spiro atoms. The first-order valence-corrected chi connectivity index (χ1v) is 5.28. The smallest absolute Gasteiger partial charge is 0.0657 e. The van der Waals surface area contributed by atoms with Gasteiger partial charge in [0, 0.05) is 12.1 Å². The number of hydrazone groups is 1. The first-order chi connectivity index (χ1) is 6.55. The molecular weight excluding hydrogens is 174 g/mol. The zero-order valence-electron chi connectivity index (χ0n) is 9.07. The predicted octanol–water partition coefficient (Wildman–Crippen LogP) is 2.00. The molecule has 1 fully saturated rings. The Balaban J connectivity index is 2.01. The Morgan fingerprint density at radius 1 is 1.50 bits per heavy atom. The molecule has 3 nitrogen and oxygen atoms in total. The summed E-state index contributed by atoms with van der Waals surface area (Å²) in [6.07, 6.45) is 4.01. The van der Waals surface area contributed by atoms with Gasteiger partial charge in [-0.1, -0.05) is 6.92 Å². The van der Waals surface area contributed by atoms with Crippen molar-refractivity contribution < 1.29 is 0 Å². The summed E-state index contributed by atoms with van der Waals surface area (Å²) >= 11 is 0. The van der Waals surface area contributed by atoms with Gasteiger partial charge in [0.25, 0.3) is 0 Å². The van der Waals surface area contributed by atoms with Gasteiger partial charge in [-0.2, -0.15) is 10.4 Å². The van der Waals surface area contributed by atoms with Crippen LogP contribution in [0.5, 0.6) is 0 Å². The van der Waals surface area contributed by atoms with Crippen molar-refractivity contribution in [1.82, 2.24) is 5.01 Å². The fourth-order valence-electron chi connectivity index (χ4n) is 2.17. The summed E-state index contributed by atoms with van der Waals surface area (Å²) in [5.41, 5.74) is 0.130. The third kappa shape index (κ3) is 1.21. The van der Waals surface area contributed by atoms with Crippen molar-refractivity contribution in [3.8, 4) is 6.07 Å². The summed E-state index contributed by atoms with van der Waals surface area (Å²) < 4.78 is 0. The molecule has 1 heterocycles. The highest BCUT2D eigenvalue weighted by Crippen LogP contribution is 2.39. The topological polar surface area (TPSA) is 39.4 Å². The van der Waals surface area contributed by atoms with Crippen molar-refractivity contribution >= 4 is 6.21 Å². The van der Waals surface area contributed by atoms with Gasteiger partial charge < -0.3 is 0 Å². The lowest BCUT2D eigenvalue weighted by atomic mass is 9.78. The molecule has 1 aliphatic carbocycles. The van der Waals surface area contributed by atoms with E-state index in [1.807, 2.05) is 6.21 Å². The van der Waals surface area contributed by atoms with Gasteiger partial charge in [0.05, 0.1) is 23.6 Å². The van der Waals surface area contributed by atoms with Crippen molar-refractivity contribution in [3.63, 3.8) is 0 Å². The van der Waals surface area contributed by atoms with Crippen LogP contribution in [-0.2, 0) is 0 Å². The number of nitriles is 1. The molecule has 0 bridgehead atoms. The highest BCUT2D eigenvalue weighted by atomic mass is 15.5. The van der Waals surface area contributed by atoms with Gasteiger partial charge in [-0.3, -0.25) is 5.01 Å². The molecule has 76 valence electrons. The van der Waals surface area contributed by atoms with E-state index in [2.05, 4.69) is 37.0 Å².